The van der Waals surface area contributed by atoms with Crippen molar-refractivity contribution in [3.8, 4) is 5.75 Å². The average Bonchev–Trinajstić information content (AvgIpc) is 2.83. The highest BCUT2D eigenvalue weighted by molar-refractivity contribution is 6.30. The predicted octanol–water partition coefficient (Wildman–Crippen LogP) is 2.94. The lowest BCUT2D eigenvalue weighted by atomic mass is 9.79. The van der Waals surface area contributed by atoms with E-state index in [0.717, 1.165) is 54.7 Å². The maximum Gasteiger partial charge on any atom is 0.126 e. The Hall–Kier alpha value is -1.22. The number of aliphatic imine (C=N–C) groups is 1. The Morgan fingerprint density at radius 2 is 2.26 bits per heavy atom. The summed E-state index contributed by atoms with van der Waals surface area (Å²) in [5.41, 5.74) is 2.49. The van der Waals surface area contributed by atoms with Crippen LogP contribution in [0.5, 0.6) is 5.75 Å². The first-order valence-corrected chi connectivity index (χ1v) is 7.17. The van der Waals surface area contributed by atoms with Crippen molar-refractivity contribution >= 4 is 17.4 Å². The molecule has 3 rings (SSSR count). The lowest BCUT2D eigenvalue weighted by Crippen LogP contribution is -2.28. The highest BCUT2D eigenvalue weighted by atomic mass is 35.5. The molecule has 2 heterocycles. The van der Waals surface area contributed by atoms with Crippen LogP contribution in [-0.2, 0) is 11.8 Å². The third-order valence-corrected chi connectivity index (χ3v) is 4.15. The van der Waals surface area contributed by atoms with Gasteiger partial charge < -0.3 is 10.1 Å². The minimum absolute atomic E-state index is 0.123. The largest absolute Gasteiger partial charge is 0.493 e. The van der Waals surface area contributed by atoms with Gasteiger partial charge in [-0.1, -0.05) is 25.4 Å². The standard InChI is InChI=1S/C15H19ClN2O/c1-15(2)3-6-19-14-10(7-11(16)9-12(14)15)8-13-17-4-5-18-13/h7,9H,3-6,8H2,1-2H3,(H,17,18). The van der Waals surface area contributed by atoms with Crippen molar-refractivity contribution in [3.63, 3.8) is 0 Å². The van der Waals surface area contributed by atoms with Crippen molar-refractivity contribution in [2.24, 2.45) is 4.99 Å². The van der Waals surface area contributed by atoms with Gasteiger partial charge in [-0.25, -0.2) is 0 Å². The number of hydrogen-bond acceptors (Lipinski definition) is 3. The molecule has 0 fully saturated rings. The summed E-state index contributed by atoms with van der Waals surface area (Å²) >= 11 is 6.28. The van der Waals surface area contributed by atoms with Crippen LogP contribution in [0, 0.1) is 0 Å². The molecule has 3 nitrogen and oxygen atoms in total. The quantitative estimate of drug-likeness (QED) is 0.902. The van der Waals surface area contributed by atoms with Crippen molar-refractivity contribution in [1.29, 1.82) is 0 Å². The van der Waals surface area contributed by atoms with Crippen LogP contribution in [0.25, 0.3) is 0 Å². The summed E-state index contributed by atoms with van der Waals surface area (Å²) in [6.07, 6.45) is 1.80. The SMILES string of the molecule is CC1(C)CCOc2c(CC3=NCCN3)cc(Cl)cc21. The van der Waals surface area contributed by atoms with Crippen molar-refractivity contribution in [1.82, 2.24) is 5.32 Å². The van der Waals surface area contributed by atoms with Gasteiger partial charge in [-0.05, 0) is 24.0 Å². The van der Waals surface area contributed by atoms with Crippen LogP contribution < -0.4 is 10.1 Å². The predicted molar refractivity (Wildman–Crippen MR) is 78.6 cm³/mol. The highest BCUT2D eigenvalue weighted by Crippen LogP contribution is 2.42. The van der Waals surface area contributed by atoms with Crippen LogP contribution >= 0.6 is 11.6 Å². The van der Waals surface area contributed by atoms with Crippen LogP contribution in [0.4, 0.5) is 0 Å². The first-order chi connectivity index (χ1) is 9.06. The molecule has 4 heteroatoms. The molecular weight excluding hydrogens is 260 g/mol. The van der Waals surface area contributed by atoms with E-state index in [4.69, 9.17) is 16.3 Å². The molecule has 2 aliphatic rings. The maximum atomic E-state index is 6.28. The third-order valence-electron chi connectivity index (χ3n) is 3.93. The zero-order valence-electron chi connectivity index (χ0n) is 11.4. The van der Waals surface area contributed by atoms with Gasteiger partial charge in [0.15, 0.2) is 0 Å². The molecule has 0 radical (unpaired) electrons. The van der Waals surface area contributed by atoms with Crippen LogP contribution in [0.2, 0.25) is 5.02 Å². The first kappa shape index (κ1) is 12.8. The monoisotopic (exact) mass is 278 g/mol. The molecule has 1 N–H and O–H groups in total. The Balaban J connectivity index is 2.02. The van der Waals surface area contributed by atoms with E-state index in [-0.39, 0.29) is 5.41 Å². The van der Waals surface area contributed by atoms with Gasteiger partial charge in [-0.3, -0.25) is 4.99 Å². The second-order valence-corrected chi connectivity index (χ2v) is 6.29. The maximum absolute atomic E-state index is 6.28. The van der Waals surface area contributed by atoms with Crippen LogP contribution in [-0.4, -0.2) is 25.5 Å². The zero-order chi connectivity index (χ0) is 13.5. The zero-order valence-corrected chi connectivity index (χ0v) is 12.2. The van der Waals surface area contributed by atoms with E-state index in [0.29, 0.717) is 0 Å². The summed E-state index contributed by atoms with van der Waals surface area (Å²) in [4.78, 5) is 4.45. The van der Waals surface area contributed by atoms with E-state index < -0.39 is 0 Å². The Bertz CT molecular complexity index is 537. The molecule has 0 saturated carbocycles. The van der Waals surface area contributed by atoms with E-state index in [9.17, 15) is 0 Å². The number of hydrogen-bond donors (Lipinski definition) is 1. The molecule has 0 saturated heterocycles. The molecule has 1 aromatic rings. The smallest absolute Gasteiger partial charge is 0.126 e. The molecule has 0 atom stereocenters. The number of ether oxygens (including phenoxy) is 1. The number of benzene rings is 1. The normalized spacial score (nSPS) is 20.3. The molecule has 0 amide bonds. The molecule has 1 aromatic carbocycles. The Morgan fingerprint density at radius 1 is 1.42 bits per heavy atom. The van der Waals surface area contributed by atoms with Gasteiger partial charge in [0.1, 0.15) is 11.6 Å². The number of fused-ring (bicyclic) bond motifs is 1. The van der Waals surface area contributed by atoms with Crippen LogP contribution in [0.1, 0.15) is 31.4 Å². The Kier molecular flexibility index (Phi) is 3.17. The van der Waals surface area contributed by atoms with Gasteiger partial charge in [0.05, 0.1) is 13.2 Å². The molecule has 0 aromatic heterocycles. The number of nitrogens with one attached hydrogen (secondary N) is 1. The van der Waals surface area contributed by atoms with Gasteiger partial charge in [-0.2, -0.15) is 0 Å². The third kappa shape index (κ3) is 2.44. The lowest BCUT2D eigenvalue weighted by Gasteiger charge is -2.34. The number of rotatable bonds is 2. The van der Waals surface area contributed by atoms with Gasteiger partial charge in [0.25, 0.3) is 0 Å². The van der Waals surface area contributed by atoms with Crippen molar-refractivity contribution in [2.75, 3.05) is 19.7 Å². The fraction of sp³-hybridized carbons (Fsp3) is 0.533. The molecule has 0 aliphatic carbocycles. The van der Waals surface area contributed by atoms with Gasteiger partial charge >= 0.3 is 0 Å². The van der Waals surface area contributed by atoms with E-state index >= 15 is 0 Å². The first-order valence-electron chi connectivity index (χ1n) is 6.79. The van der Waals surface area contributed by atoms with Crippen molar-refractivity contribution < 1.29 is 4.74 Å². The molecule has 0 unspecified atom stereocenters. The summed E-state index contributed by atoms with van der Waals surface area (Å²) in [6.45, 7) is 7.07. The van der Waals surface area contributed by atoms with Gasteiger partial charge in [-0.15, -0.1) is 0 Å². The number of amidine groups is 1. The molecule has 102 valence electrons. The summed E-state index contributed by atoms with van der Waals surface area (Å²) < 4.78 is 5.91. The number of halogens is 1. The fourth-order valence-electron chi connectivity index (χ4n) is 2.74. The highest BCUT2D eigenvalue weighted by Gasteiger charge is 2.31. The molecule has 0 spiro atoms. The molecule has 19 heavy (non-hydrogen) atoms. The summed E-state index contributed by atoms with van der Waals surface area (Å²) in [5, 5.41) is 4.09. The lowest BCUT2D eigenvalue weighted by molar-refractivity contribution is 0.232. The number of nitrogens with zero attached hydrogens (tertiary/aromatic N) is 1. The van der Waals surface area contributed by atoms with E-state index in [1.807, 2.05) is 12.1 Å². The minimum atomic E-state index is 0.123. The van der Waals surface area contributed by atoms with Crippen LogP contribution in [0.3, 0.4) is 0 Å². The molecule has 0 bridgehead atoms. The van der Waals surface area contributed by atoms with Gasteiger partial charge in [0, 0.05) is 29.1 Å². The summed E-state index contributed by atoms with van der Waals surface area (Å²) in [6, 6.07) is 4.05. The fourth-order valence-corrected chi connectivity index (χ4v) is 2.98. The second kappa shape index (κ2) is 4.71. The second-order valence-electron chi connectivity index (χ2n) is 5.86. The van der Waals surface area contributed by atoms with Gasteiger partial charge in [0.2, 0.25) is 0 Å². The summed E-state index contributed by atoms with van der Waals surface area (Å²) in [5.74, 6) is 2.05. The average molecular weight is 279 g/mol. The Morgan fingerprint density at radius 3 is 3.00 bits per heavy atom. The Labute approximate surface area is 119 Å². The minimum Gasteiger partial charge on any atom is -0.493 e. The van der Waals surface area contributed by atoms with Crippen LogP contribution in [0.15, 0.2) is 17.1 Å². The van der Waals surface area contributed by atoms with E-state index in [2.05, 4.69) is 24.2 Å². The summed E-state index contributed by atoms with van der Waals surface area (Å²) in [7, 11) is 0. The topological polar surface area (TPSA) is 33.6 Å². The molecular formula is C15H19ClN2O. The van der Waals surface area contributed by atoms with E-state index in [1.54, 1.807) is 0 Å². The van der Waals surface area contributed by atoms with Crippen molar-refractivity contribution in [3.05, 3.63) is 28.3 Å². The van der Waals surface area contributed by atoms with E-state index in [1.165, 1.54) is 5.56 Å². The van der Waals surface area contributed by atoms with Crippen molar-refractivity contribution in [2.45, 2.75) is 32.1 Å². The molecule has 2 aliphatic heterocycles.